The standard InChI is InChI=1S/C15H12IN3S/c16-11-1-3-12(4-2-11)19-15-13(5-7-17-15)14(18-19)10-6-8-20-9-10/h1-4,6,8-9,17H,5,7H2. The molecule has 3 heterocycles. The van der Waals surface area contributed by atoms with Gasteiger partial charge in [0.05, 0.1) is 11.4 Å². The summed E-state index contributed by atoms with van der Waals surface area (Å²) in [5.41, 5.74) is 4.78. The molecule has 20 heavy (non-hydrogen) atoms. The van der Waals surface area contributed by atoms with E-state index in [0.717, 1.165) is 30.2 Å². The van der Waals surface area contributed by atoms with E-state index < -0.39 is 0 Å². The van der Waals surface area contributed by atoms with Gasteiger partial charge < -0.3 is 5.32 Å². The fraction of sp³-hybridized carbons (Fsp3) is 0.133. The lowest BCUT2D eigenvalue weighted by molar-refractivity contribution is 0.882. The van der Waals surface area contributed by atoms with Crippen LogP contribution in [0.1, 0.15) is 5.56 Å². The lowest BCUT2D eigenvalue weighted by Gasteiger charge is -2.06. The number of aromatic nitrogens is 2. The van der Waals surface area contributed by atoms with Crippen LogP contribution in [0, 0.1) is 3.57 Å². The second-order valence-electron chi connectivity index (χ2n) is 4.75. The molecule has 0 bridgehead atoms. The van der Waals surface area contributed by atoms with E-state index in [1.54, 1.807) is 11.3 Å². The summed E-state index contributed by atoms with van der Waals surface area (Å²) < 4.78 is 3.27. The molecule has 0 amide bonds. The molecule has 0 atom stereocenters. The van der Waals surface area contributed by atoms with E-state index >= 15 is 0 Å². The molecule has 1 N–H and O–H groups in total. The van der Waals surface area contributed by atoms with Gasteiger partial charge in [-0.3, -0.25) is 0 Å². The van der Waals surface area contributed by atoms with Crippen LogP contribution in [0.4, 0.5) is 5.82 Å². The van der Waals surface area contributed by atoms with Crippen LogP contribution in [0.15, 0.2) is 41.1 Å². The molecule has 2 aromatic heterocycles. The maximum atomic E-state index is 4.83. The van der Waals surface area contributed by atoms with Crippen molar-refractivity contribution in [3.8, 4) is 16.9 Å². The van der Waals surface area contributed by atoms with Crippen molar-refractivity contribution < 1.29 is 0 Å². The molecule has 0 fully saturated rings. The number of hydrogen-bond donors (Lipinski definition) is 1. The van der Waals surface area contributed by atoms with E-state index in [9.17, 15) is 0 Å². The van der Waals surface area contributed by atoms with Crippen molar-refractivity contribution in [2.45, 2.75) is 6.42 Å². The molecule has 0 saturated heterocycles. The molecule has 3 aromatic rings. The zero-order valence-corrected chi connectivity index (χ0v) is 13.6. The lowest BCUT2D eigenvalue weighted by atomic mass is 10.1. The largest absolute Gasteiger partial charge is 0.369 e. The fourth-order valence-corrected chi connectivity index (χ4v) is 3.58. The van der Waals surface area contributed by atoms with Crippen LogP contribution in [0.5, 0.6) is 0 Å². The summed E-state index contributed by atoms with van der Waals surface area (Å²) in [5, 5.41) is 12.6. The second-order valence-corrected chi connectivity index (χ2v) is 6.78. The molecule has 0 saturated carbocycles. The minimum Gasteiger partial charge on any atom is -0.369 e. The number of nitrogens with zero attached hydrogens (tertiary/aromatic N) is 2. The Morgan fingerprint density at radius 2 is 2.05 bits per heavy atom. The Balaban J connectivity index is 1.89. The van der Waals surface area contributed by atoms with Crippen molar-refractivity contribution in [3.63, 3.8) is 0 Å². The highest BCUT2D eigenvalue weighted by molar-refractivity contribution is 14.1. The maximum absolute atomic E-state index is 4.83. The summed E-state index contributed by atoms with van der Waals surface area (Å²) in [6.07, 6.45) is 1.05. The zero-order valence-electron chi connectivity index (χ0n) is 10.6. The van der Waals surface area contributed by atoms with Gasteiger partial charge >= 0.3 is 0 Å². The van der Waals surface area contributed by atoms with Crippen LogP contribution in [0.2, 0.25) is 0 Å². The molecule has 0 spiro atoms. The quantitative estimate of drug-likeness (QED) is 0.663. The van der Waals surface area contributed by atoms with Crippen molar-refractivity contribution in [3.05, 3.63) is 50.2 Å². The van der Waals surface area contributed by atoms with Crippen molar-refractivity contribution in [2.75, 3.05) is 11.9 Å². The highest BCUT2D eigenvalue weighted by Crippen LogP contribution is 2.35. The van der Waals surface area contributed by atoms with Gasteiger partial charge in [-0.1, -0.05) is 0 Å². The molecule has 1 aromatic carbocycles. The van der Waals surface area contributed by atoms with E-state index in [1.165, 1.54) is 14.7 Å². The first kappa shape index (κ1) is 12.4. The number of halogens is 1. The average molecular weight is 393 g/mol. The molecule has 1 aliphatic rings. The lowest BCUT2D eigenvalue weighted by Crippen LogP contribution is -2.04. The number of anilines is 1. The monoisotopic (exact) mass is 393 g/mol. The molecule has 0 unspecified atom stereocenters. The van der Waals surface area contributed by atoms with E-state index in [1.807, 2.05) is 4.68 Å². The van der Waals surface area contributed by atoms with Crippen LogP contribution in [-0.2, 0) is 6.42 Å². The summed E-state index contributed by atoms with van der Waals surface area (Å²) in [6, 6.07) is 10.6. The van der Waals surface area contributed by atoms with E-state index in [0.29, 0.717) is 0 Å². The summed E-state index contributed by atoms with van der Waals surface area (Å²) in [7, 11) is 0. The van der Waals surface area contributed by atoms with Crippen LogP contribution in [0.3, 0.4) is 0 Å². The first-order chi connectivity index (χ1) is 9.83. The highest BCUT2D eigenvalue weighted by atomic mass is 127. The van der Waals surface area contributed by atoms with Crippen LogP contribution in [0.25, 0.3) is 16.9 Å². The van der Waals surface area contributed by atoms with Crippen molar-refractivity contribution >= 4 is 39.7 Å². The van der Waals surface area contributed by atoms with E-state index in [-0.39, 0.29) is 0 Å². The molecular formula is C15H12IN3S. The van der Waals surface area contributed by atoms with Gasteiger partial charge in [0, 0.05) is 26.6 Å². The first-order valence-corrected chi connectivity index (χ1v) is 8.49. The molecule has 5 heteroatoms. The first-order valence-electron chi connectivity index (χ1n) is 6.47. The molecule has 0 radical (unpaired) electrons. The maximum Gasteiger partial charge on any atom is 0.133 e. The summed E-state index contributed by atoms with van der Waals surface area (Å²) >= 11 is 4.04. The summed E-state index contributed by atoms with van der Waals surface area (Å²) in [5.74, 6) is 1.15. The van der Waals surface area contributed by atoms with Gasteiger partial charge in [0.25, 0.3) is 0 Å². The Bertz CT molecular complexity index is 744. The predicted molar refractivity (Wildman–Crippen MR) is 91.8 cm³/mol. The number of nitrogens with one attached hydrogen (secondary N) is 1. The second kappa shape index (κ2) is 4.89. The van der Waals surface area contributed by atoms with E-state index in [2.05, 4.69) is 69.0 Å². The van der Waals surface area contributed by atoms with Crippen molar-refractivity contribution in [2.24, 2.45) is 0 Å². The number of benzene rings is 1. The van der Waals surface area contributed by atoms with Crippen molar-refractivity contribution in [1.82, 2.24) is 9.78 Å². The van der Waals surface area contributed by atoms with Crippen LogP contribution in [-0.4, -0.2) is 16.3 Å². The van der Waals surface area contributed by atoms with Gasteiger partial charge in [0.2, 0.25) is 0 Å². The Labute approximate surface area is 134 Å². The molecule has 1 aliphatic heterocycles. The zero-order chi connectivity index (χ0) is 13.5. The number of thiophene rings is 1. The van der Waals surface area contributed by atoms with Gasteiger partial charge in [-0.2, -0.15) is 16.4 Å². The van der Waals surface area contributed by atoms with Gasteiger partial charge in [-0.25, -0.2) is 4.68 Å². The van der Waals surface area contributed by atoms with Gasteiger partial charge in [0.1, 0.15) is 5.82 Å². The summed E-state index contributed by atoms with van der Waals surface area (Å²) in [4.78, 5) is 0. The molecule has 0 aliphatic carbocycles. The Kier molecular flexibility index (Phi) is 3.03. The van der Waals surface area contributed by atoms with Crippen LogP contribution < -0.4 is 5.32 Å². The summed E-state index contributed by atoms with van der Waals surface area (Å²) in [6.45, 7) is 0.995. The minimum atomic E-state index is 0.995. The van der Waals surface area contributed by atoms with E-state index in [4.69, 9.17) is 5.10 Å². The Morgan fingerprint density at radius 1 is 1.20 bits per heavy atom. The van der Waals surface area contributed by atoms with Gasteiger partial charge in [0.15, 0.2) is 0 Å². The fourth-order valence-electron chi connectivity index (χ4n) is 2.57. The number of hydrogen-bond acceptors (Lipinski definition) is 3. The topological polar surface area (TPSA) is 29.9 Å². The van der Waals surface area contributed by atoms with Gasteiger partial charge in [-0.15, -0.1) is 0 Å². The third-order valence-corrected chi connectivity index (χ3v) is 4.92. The SMILES string of the molecule is Ic1ccc(-n2nc(-c3ccsc3)c3c2NCC3)cc1. The Hall–Kier alpha value is -1.34. The number of fused-ring (bicyclic) bond motifs is 1. The Morgan fingerprint density at radius 3 is 2.80 bits per heavy atom. The minimum absolute atomic E-state index is 0.995. The molecule has 100 valence electrons. The average Bonchev–Trinajstić information content (AvgIpc) is 3.16. The molecule has 4 rings (SSSR count). The third kappa shape index (κ3) is 1.96. The predicted octanol–water partition coefficient (Wildman–Crippen LogP) is 4.17. The van der Waals surface area contributed by atoms with Crippen molar-refractivity contribution in [1.29, 1.82) is 0 Å². The molecular weight excluding hydrogens is 381 g/mol. The smallest absolute Gasteiger partial charge is 0.133 e. The number of rotatable bonds is 2. The van der Waals surface area contributed by atoms with Crippen LogP contribution >= 0.6 is 33.9 Å². The third-order valence-electron chi connectivity index (χ3n) is 3.52. The molecule has 3 nitrogen and oxygen atoms in total. The highest BCUT2D eigenvalue weighted by Gasteiger charge is 2.23. The normalized spacial score (nSPS) is 13.2. The van der Waals surface area contributed by atoms with Gasteiger partial charge in [-0.05, 0) is 64.7 Å².